The number of hydrogen-bond donors (Lipinski definition) is 3. The smallest absolute Gasteiger partial charge is 0.409 e. The Bertz CT molecular complexity index is 1580. The van der Waals surface area contributed by atoms with Gasteiger partial charge in [0.1, 0.15) is 35.6 Å². The molecule has 3 aromatic heterocycles. The van der Waals surface area contributed by atoms with Crippen LogP contribution in [0.2, 0.25) is 0 Å². The van der Waals surface area contributed by atoms with Crippen LogP contribution in [0.4, 0.5) is 19.4 Å². The number of carbonyl (C=O) groups is 2. The third-order valence-electron chi connectivity index (χ3n) is 7.00. The minimum absolute atomic E-state index is 0.0130. The Morgan fingerprint density at radius 1 is 1.19 bits per heavy atom. The summed E-state index contributed by atoms with van der Waals surface area (Å²) in [6.07, 6.45) is 3.80. The molecular weight excluding hydrogens is 486 g/mol. The lowest BCUT2D eigenvalue weighted by Crippen LogP contribution is -2.52. The second-order valence-corrected chi connectivity index (χ2v) is 9.25. The first-order valence-electron chi connectivity index (χ1n) is 11.5. The molecule has 4 aromatic rings. The minimum Gasteiger partial charge on any atom is -0.465 e. The summed E-state index contributed by atoms with van der Waals surface area (Å²) < 4.78 is 30.2. The summed E-state index contributed by atoms with van der Waals surface area (Å²) >= 11 is 0. The Balaban J connectivity index is 1.39. The van der Waals surface area contributed by atoms with Crippen LogP contribution in [-0.4, -0.2) is 58.3 Å². The number of nitrogens with two attached hydrogens (primary N) is 1. The summed E-state index contributed by atoms with van der Waals surface area (Å²) in [6, 6.07) is 5.75. The first-order valence-corrected chi connectivity index (χ1v) is 11.5. The summed E-state index contributed by atoms with van der Waals surface area (Å²) in [5.41, 5.74) is 6.36. The molecule has 188 valence electrons. The molecule has 2 amide bonds. The summed E-state index contributed by atoms with van der Waals surface area (Å²) in [4.78, 5) is 38.2. The Morgan fingerprint density at radius 2 is 2.03 bits per heavy atom. The van der Waals surface area contributed by atoms with Crippen LogP contribution in [0.25, 0.3) is 22.3 Å². The van der Waals surface area contributed by atoms with E-state index in [0.29, 0.717) is 30.3 Å². The van der Waals surface area contributed by atoms with E-state index >= 15 is 4.39 Å². The molecule has 2 aliphatic rings. The Labute approximate surface area is 207 Å². The van der Waals surface area contributed by atoms with Crippen LogP contribution in [0.1, 0.15) is 35.8 Å². The number of carbonyl (C=O) groups excluding carboxylic acids is 1. The number of aromatic nitrogens is 5. The maximum Gasteiger partial charge on any atom is 0.409 e. The molecule has 1 saturated heterocycles. The van der Waals surface area contributed by atoms with Gasteiger partial charge in [-0.05, 0) is 43.5 Å². The first-order chi connectivity index (χ1) is 17.7. The number of likely N-dealkylation sites (tertiary alicyclic amines) is 1. The average Bonchev–Trinajstić information content (AvgIpc) is 3.52. The zero-order chi connectivity index (χ0) is 25.9. The number of nitrogens with zero attached hydrogens (tertiary/aromatic N) is 6. The first kappa shape index (κ1) is 22.9. The summed E-state index contributed by atoms with van der Waals surface area (Å²) in [5, 5.41) is 17.3. The van der Waals surface area contributed by atoms with Gasteiger partial charge >= 0.3 is 6.09 Å². The van der Waals surface area contributed by atoms with Crippen molar-refractivity contribution in [1.29, 1.82) is 0 Å². The van der Waals surface area contributed by atoms with E-state index in [9.17, 15) is 19.1 Å². The molecule has 3 unspecified atom stereocenters. The fourth-order valence-corrected chi connectivity index (χ4v) is 5.41. The number of piperidine rings is 1. The highest BCUT2D eigenvalue weighted by Gasteiger charge is 2.58. The van der Waals surface area contributed by atoms with E-state index in [4.69, 9.17) is 5.73 Å². The highest BCUT2D eigenvalue weighted by Crippen LogP contribution is 2.50. The number of rotatable bonds is 4. The van der Waals surface area contributed by atoms with Crippen molar-refractivity contribution >= 4 is 28.9 Å². The maximum atomic E-state index is 15.4. The lowest BCUT2D eigenvalue weighted by molar-refractivity contribution is 0.0619. The molecule has 4 heterocycles. The number of pyridine rings is 1. The van der Waals surface area contributed by atoms with Crippen LogP contribution in [0.5, 0.6) is 0 Å². The molecule has 1 aliphatic carbocycles. The number of carboxylic acid groups (broad SMARTS) is 1. The molecule has 0 radical (unpaired) electrons. The van der Waals surface area contributed by atoms with E-state index < -0.39 is 35.3 Å². The second kappa shape index (κ2) is 8.27. The van der Waals surface area contributed by atoms with Crippen LogP contribution < -0.4 is 11.1 Å². The molecule has 3 atom stereocenters. The van der Waals surface area contributed by atoms with Crippen molar-refractivity contribution in [3.63, 3.8) is 0 Å². The number of hydrogen-bond acceptors (Lipinski definition) is 7. The third-order valence-corrected chi connectivity index (χ3v) is 7.00. The van der Waals surface area contributed by atoms with Gasteiger partial charge in [0.2, 0.25) is 0 Å². The summed E-state index contributed by atoms with van der Waals surface area (Å²) in [6.45, 7) is 0. The van der Waals surface area contributed by atoms with Gasteiger partial charge in [-0.2, -0.15) is 5.10 Å². The van der Waals surface area contributed by atoms with E-state index in [2.05, 4.69) is 25.4 Å². The van der Waals surface area contributed by atoms with Crippen molar-refractivity contribution < 1.29 is 23.5 Å². The van der Waals surface area contributed by atoms with Crippen LogP contribution >= 0.6 is 0 Å². The molecule has 1 saturated carbocycles. The number of amides is 2. The predicted molar refractivity (Wildman–Crippen MR) is 126 cm³/mol. The molecule has 4 N–H and O–H groups in total. The fourth-order valence-electron chi connectivity index (χ4n) is 5.41. The lowest BCUT2D eigenvalue weighted by atomic mass is 9.96. The van der Waals surface area contributed by atoms with Crippen molar-refractivity contribution in [1.82, 2.24) is 29.6 Å². The fraction of sp³-hybridized carbons (Fsp3) is 0.250. The molecule has 2 bridgehead atoms. The van der Waals surface area contributed by atoms with Gasteiger partial charge in [-0.3, -0.25) is 9.69 Å². The van der Waals surface area contributed by atoms with E-state index in [1.165, 1.54) is 40.4 Å². The molecule has 1 aromatic carbocycles. The van der Waals surface area contributed by atoms with Crippen molar-refractivity contribution in [3.05, 3.63) is 66.3 Å². The van der Waals surface area contributed by atoms with E-state index in [-0.39, 0.29) is 28.7 Å². The standard InChI is InChI=1S/C24H20F2N8O3/c25-13-4-6-29-18(8-13)31-21(35)12-1-2-15(17(26)7-12)19-16-10-28-11-30-20(16)34(32-19)22-24(27)5-3-14(9-24)33(22)23(36)37/h1-2,4,6-8,10-11,14,22H,3,5,9,27H2,(H,36,37)(H,29,31,35). The van der Waals surface area contributed by atoms with Gasteiger partial charge in [-0.25, -0.2) is 33.2 Å². The quantitative estimate of drug-likeness (QED) is 0.382. The Hall–Kier alpha value is -4.52. The SMILES string of the molecule is NC12CCC(C1)N(C(=O)O)C2n1nc(-c2ccc(C(=O)Nc3cc(F)ccn3)cc2F)c2cncnc21. The van der Waals surface area contributed by atoms with Gasteiger partial charge in [0.25, 0.3) is 5.91 Å². The molecule has 1 aliphatic heterocycles. The van der Waals surface area contributed by atoms with Gasteiger partial charge in [-0.1, -0.05) is 0 Å². The maximum absolute atomic E-state index is 15.4. The van der Waals surface area contributed by atoms with Crippen molar-refractivity contribution in [2.75, 3.05) is 5.32 Å². The normalized spacial score (nSPS) is 22.5. The molecule has 6 rings (SSSR count). The van der Waals surface area contributed by atoms with Gasteiger partial charge in [0.15, 0.2) is 5.65 Å². The molecule has 13 heteroatoms. The van der Waals surface area contributed by atoms with Crippen molar-refractivity contribution in [2.45, 2.75) is 37.0 Å². The number of fused-ring (bicyclic) bond motifs is 3. The highest BCUT2D eigenvalue weighted by molar-refractivity contribution is 6.04. The zero-order valence-corrected chi connectivity index (χ0v) is 19.2. The lowest BCUT2D eigenvalue weighted by Gasteiger charge is -2.37. The van der Waals surface area contributed by atoms with Crippen LogP contribution in [0.15, 0.2) is 49.1 Å². The van der Waals surface area contributed by atoms with Gasteiger partial charge in [0.05, 0.1) is 10.9 Å². The average molecular weight is 506 g/mol. The summed E-state index contributed by atoms with van der Waals surface area (Å²) in [5.74, 6) is -2.01. The second-order valence-electron chi connectivity index (χ2n) is 9.25. The largest absolute Gasteiger partial charge is 0.465 e. The van der Waals surface area contributed by atoms with E-state index in [1.54, 1.807) is 0 Å². The van der Waals surface area contributed by atoms with Crippen LogP contribution in [0, 0.1) is 11.6 Å². The highest BCUT2D eigenvalue weighted by atomic mass is 19.1. The Kier molecular flexibility index (Phi) is 5.12. The van der Waals surface area contributed by atoms with E-state index in [0.717, 1.165) is 18.2 Å². The number of benzene rings is 1. The van der Waals surface area contributed by atoms with Crippen molar-refractivity contribution in [2.24, 2.45) is 5.73 Å². The third kappa shape index (κ3) is 3.66. The van der Waals surface area contributed by atoms with E-state index in [1.807, 2.05) is 0 Å². The van der Waals surface area contributed by atoms with Gasteiger partial charge in [0, 0.05) is 35.6 Å². The molecule has 0 spiro atoms. The molecule has 37 heavy (non-hydrogen) atoms. The molecular formula is C24H20F2N8O3. The van der Waals surface area contributed by atoms with Crippen molar-refractivity contribution in [3.8, 4) is 11.3 Å². The van der Waals surface area contributed by atoms with Gasteiger partial charge in [-0.15, -0.1) is 0 Å². The molecule has 11 nitrogen and oxygen atoms in total. The summed E-state index contributed by atoms with van der Waals surface area (Å²) in [7, 11) is 0. The van der Waals surface area contributed by atoms with Crippen LogP contribution in [0.3, 0.4) is 0 Å². The number of anilines is 1. The monoisotopic (exact) mass is 506 g/mol. The topological polar surface area (TPSA) is 152 Å². The van der Waals surface area contributed by atoms with Crippen LogP contribution in [-0.2, 0) is 0 Å². The predicted octanol–water partition coefficient (Wildman–Crippen LogP) is 3.16. The number of halogens is 2. The molecule has 2 fully saturated rings. The number of nitrogens with one attached hydrogen (secondary N) is 1. The minimum atomic E-state index is -1.12. The zero-order valence-electron chi connectivity index (χ0n) is 19.2. The Morgan fingerprint density at radius 3 is 2.78 bits per heavy atom. The van der Waals surface area contributed by atoms with Gasteiger partial charge < -0.3 is 16.2 Å².